The van der Waals surface area contributed by atoms with Crippen LogP contribution in [-0.2, 0) is 16.1 Å². The van der Waals surface area contributed by atoms with E-state index in [1.165, 1.54) is 11.3 Å². The Morgan fingerprint density at radius 1 is 1.00 bits per heavy atom. The molecule has 0 amide bonds. The van der Waals surface area contributed by atoms with E-state index in [1.54, 1.807) is 11.5 Å². The van der Waals surface area contributed by atoms with E-state index in [1.807, 2.05) is 67.6 Å². The molecule has 6 rings (SSSR count). The van der Waals surface area contributed by atoms with Crippen LogP contribution in [0.1, 0.15) is 43.6 Å². The van der Waals surface area contributed by atoms with E-state index >= 15 is 0 Å². The van der Waals surface area contributed by atoms with Crippen LogP contribution in [0, 0.1) is 6.92 Å². The number of aryl methyl sites for hydroxylation is 1. The van der Waals surface area contributed by atoms with Crippen LogP contribution in [0.5, 0.6) is 0 Å². The van der Waals surface area contributed by atoms with Crippen molar-refractivity contribution in [3.63, 3.8) is 0 Å². The smallest absolute Gasteiger partial charge is 0.338 e. The molecule has 0 aliphatic carbocycles. The van der Waals surface area contributed by atoms with Crippen LogP contribution >= 0.6 is 11.3 Å². The van der Waals surface area contributed by atoms with Crippen molar-refractivity contribution in [1.82, 2.24) is 9.13 Å². The molecule has 0 fully saturated rings. The molecule has 0 saturated carbocycles. The number of fused-ring (bicyclic) bond motifs is 3. The Bertz CT molecular complexity index is 1990. The van der Waals surface area contributed by atoms with Gasteiger partial charge in [0.1, 0.15) is 0 Å². The van der Waals surface area contributed by atoms with Gasteiger partial charge in [0.25, 0.3) is 5.56 Å². The van der Waals surface area contributed by atoms with E-state index in [0.717, 1.165) is 45.0 Å². The molecule has 0 bridgehead atoms. The molecule has 3 aromatic carbocycles. The van der Waals surface area contributed by atoms with Crippen molar-refractivity contribution in [3.05, 3.63) is 115 Å². The Morgan fingerprint density at radius 3 is 2.49 bits per heavy atom. The number of benzene rings is 3. The minimum absolute atomic E-state index is 0.168. The summed E-state index contributed by atoms with van der Waals surface area (Å²) in [5, 5.41) is 3.13. The standard InChI is InChI=1S/C32H29N3O3S/c1-5-34-20(4)25(23-15-9-10-17-26(23)34)18-27-30(36)35-29(24-16-11-13-21-12-7-8-14-22(21)24)28(31(37)38-6-2)19(3)33-32(35)39-27/h7-18,29H,5-6H2,1-4H3. The second-order valence-electron chi connectivity index (χ2n) is 9.63. The first-order chi connectivity index (χ1) is 18.9. The normalized spacial score (nSPS) is 15.6. The van der Waals surface area contributed by atoms with E-state index in [4.69, 9.17) is 9.73 Å². The number of carbonyl (C=O) groups is 1. The third kappa shape index (κ3) is 3.96. The summed E-state index contributed by atoms with van der Waals surface area (Å²) in [4.78, 5) is 32.8. The minimum Gasteiger partial charge on any atom is -0.463 e. The van der Waals surface area contributed by atoms with Crippen molar-refractivity contribution in [2.45, 2.75) is 40.3 Å². The number of nitrogens with zero attached hydrogens (tertiary/aromatic N) is 3. The molecule has 1 aliphatic rings. The summed E-state index contributed by atoms with van der Waals surface area (Å²) in [6.45, 7) is 8.90. The molecular formula is C32H29N3O3S. The Kier molecular flexibility index (Phi) is 6.31. The zero-order valence-corrected chi connectivity index (χ0v) is 23.2. The number of hydrogen-bond donors (Lipinski definition) is 0. The highest BCUT2D eigenvalue weighted by Crippen LogP contribution is 2.35. The van der Waals surface area contributed by atoms with Gasteiger partial charge in [-0.15, -0.1) is 0 Å². The lowest BCUT2D eigenvalue weighted by Gasteiger charge is -2.25. The third-order valence-electron chi connectivity index (χ3n) is 7.51. The molecule has 0 spiro atoms. The van der Waals surface area contributed by atoms with Gasteiger partial charge in [0, 0.05) is 28.7 Å². The van der Waals surface area contributed by atoms with Gasteiger partial charge in [0.15, 0.2) is 4.80 Å². The van der Waals surface area contributed by atoms with Crippen LogP contribution in [-0.4, -0.2) is 21.7 Å². The number of aromatic nitrogens is 2. The second-order valence-corrected chi connectivity index (χ2v) is 10.6. The summed E-state index contributed by atoms with van der Waals surface area (Å²) in [6, 6.07) is 21.6. The molecule has 0 N–H and O–H groups in total. The molecular weight excluding hydrogens is 506 g/mol. The van der Waals surface area contributed by atoms with Gasteiger partial charge >= 0.3 is 5.97 Å². The van der Waals surface area contributed by atoms with Crippen molar-refractivity contribution in [3.8, 4) is 0 Å². The van der Waals surface area contributed by atoms with E-state index in [9.17, 15) is 9.59 Å². The average molecular weight is 536 g/mol. The maximum Gasteiger partial charge on any atom is 0.338 e. The molecule has 1 atom stereocenters. The largest absolute Gasteiger partial charge is 0.463 e. The second kappa shape index (κ2) is 9.82. The third-order valence-corrected chi connectivity index (χ3v) is 8.49. The van der Waals surface area contributed by atoms with Crippen LogP contribution in [0.25, 0.3) is 27.8 Å². The van der Waals surface area contributed by atoms with E-state index in [2.05, 4.69) is 30.5 Å². The highest BCUT2D eigenvalue weighted by molar-refractivity contribution is 7.07. The van der Waals surface area contributed by atoms with Gasteiger partial charge in [-0.25, -0.2) is 9.79 Å². The van der Waals surface area contributed by atoms with Crippen LogP contribution in [0.4, 0.5) is 0 Å². The highest BCUT2D eigenvalue weighted by atomic mass is 32.1. The topological polar surface area (TPSA) is 65.6 Å². The molecule has 1 unspecified atom stereocenters. The van der Waals surface area contributed by atoms with Gasteiger partial charge in [-0.3, -0.25) is 9.36 Å². The first-order valence-electron chi connectivity index (χ1n) is 13.2. The lowest BCUT2D eigenvalue weighted by atomic mass is 9.91. The van der Waals surface area contributed by atoms with Crippen molar-refractivity contribution in [2.24, 2.45) is 4.99 Å². The quantitative estimate of drug-likeness (QED) is 0.289. The number of rotatable bonds is 5. The van der Waals surface area contributed by atoms with Gasteiger partial charge in [0.2, 0.25) is 0 Å². The monoisotopic (exact) mass is 535 g/mol. The fourth-order valence-corrected chi connectivity index (χ4v) is 6.78. The lowest BCUT2D eigenvalue weighted by molar-refractivity contribution is -0.139. The first kappa shape index (κ1) is 25.1. The summed E-state index contributed by atoms with van der Waals surface area (Å²) in [5.74, 6) is -0.451. The highest BCUT2D eigenvalue weighted by Gasteiger charge is 2.34. The number of hydrogen-bond acceptors (Lipinski definition) is 5. The fraction of sp³-hybridized carbons (Fsp3) is 0.219. The molecule has 0 saturated heterocycles. The van der Waals surface area contributed by atoms with E-state index in [-0.39, 0.29) is 12.2 Å². The van der Waals surface area contributed by atoms with Gasteiger partial charge in [0.05, 0.1) is 28.5 Å². The predicted octanol–water partition coefficient (Wildman–Crippen LogP) is 5.23. The van der Waals surface area contributed by atoms with Crippen LogP contribution in [0.2, 0.25) is 0 Å². The Labute approximate surface area is 229 Å². The van der Waals surface area contributed by atoms with E-state index in [0.29, 0.717) is 20.6 Å². The van der Waals surface area contributed by atoms with Crippen LogP contribution < -0.4 is 14.9 Å². The maximum absolute atomic E-state index is 14.2. The van der Waals surface area contributed by atoms with Crippen LogP contribution in [0.3, 0.4) is 0 Å². The van der Waals surface area contributed by atoms with Crippen LogP contribution in [0.15, 0.2) is 87.8 Å². The van der Waals surface area contributed by atoms with Crippen molar-refractivity contribution in [1.29, 1.82) is 0 Å². The van der Waals surface area contributed by atoms with Gasteiger partial charge < -0.3 is 9.30 Å². The van der Waals surface area contributed by atoms with Gasteiger partial charge in [-0.1, -0.05) is 72.0 Å². The molecule has 39 heavy (non-hydrogen) atoms. The molecule has 5 aromatic rings. The lowest BCUT2D eigenvalue weighted by Crippen LogP contribution is -2.40. The Morgan fingerprint density at radius 2 is 1.72 bits per heavy atom. The average Bonchev–Trinajstić information content (AvgIpc) is 3.40. The van der Waals surface area contributed by atoms with Crippen molar-refractivity contribution < 1.29 is 9.53 Å². The summed E-state index contributed by atoms with van der Waals surface area (Å²) >= 11 is 1.36. The van der Waals surface area contributed by atoms with Gasteiger partial charge in [-0.05, 0) is 56.2 Å². The number of thiazole rings is 1. The predicted molar refractivity (Wildman–Crippen MR) is 157 cm³/mol. The number of para-hydroxylation sites is 1. The molecule has 0 radical (unpaired) electrons. The van der Waals surface area contributed by atoms with Crippen molar-refractivity contribution in [2.75, 3.05) is 6.61 Å². The molecule has 7 heteroatoms. The summed E-state index contributed by atoms with van der Waals surface area (Å²) in [5.41, 5.74) is 4.95. The number of esters is 1. The number of ether oxygens (including phenoxy) is 1. The fourth-order valence-electron chi connectivity index (χ4n) is 5.75. The Balaban J connectivity index is 1.65. The van der Waals surface area contributed by atoms with Crippen molar-refractivity contribution >= 4 is 45.1 Å². The number of allylic oxidation sites excluding steroid dienone is 1. The maximum atomic E-state index is 14.2. The SMILES string of the molecule is CCOC(=O)C1=C(C)N=c2sc(=Cc3c(C)n(CC)c4ccccc34)c(=O)n2C1c1cccc2ccccc12. The summed E-state index contributed by atoms with van der Waals surface area (Å²) in [6.07, 6.45) is 1.98. The van der Waals surface area contributed by atoms with E-state index < -0.39 is 12.0 Å². The molecule has 196 valence electrons. The summed E-state index contributed by atoms with van der Waals surface area (Å²) in [7, 11) is 0. The number of carbonyl (C=O) groups excluding carboxylic acids is 1. The van der Waals surface area contributed by atoms with Gasteiger partial charge in [-0.2, -0.15) is 0 Å². The Hall–Kier alpha value is -4.23. The molecule has 1 aliphatic heterocycles. The molecule has 6 nitrogen and oxygen atoms in total. The zero-order chi connectivity index (χ0) is 27.3. The minimum atomic E-state index is -0.647. The zero-order valence-electron chi connectivity index (χ0n) is 22.4. The first-order valence-corrected chi connectivity index (χ1v) is 14.0. The summed E-state index contributed by atoms with van der Waals surface area (Å²) < 4.78 is 9.99. The molecule has 2 aromatic heterocycles. The molecule has 3 heterocycles.